The maximum absolute atomic E-state index is 14.6. The highest BCUT2D eigenvalue weighted by molar-refractivity contribution is 5.87. The minimum Gasteiger partial charge on any atom is -0.366 e. The number of hydrogen-bond donors (Lipinski definition) is 2. The Bertz CT molecular complexity index is 950. The number of methoxy groups -OCH3 is 1. The first-order valence-corrected chi connectivity index (χ1v) is 8.77. The molecule has 1 heterocycles. The lowest BCUT2D eigenvalue weighted by molar-refractivity contribution is -0.150. The Labute approximate surface area is 162 Å². The summed E-state index contributed by atoms with van der Waals surface area (Å²) in [5.74, 6) is -0.835. The van der Waals surface area contributed by atoms with E-state index in [0.29, 0.717) is 29.8 Å². The van der Waals surface area contributed by atoms with Crippen LogP contribution >= 0.6 is 0 Å². The van der Waals surface area contributed by atoms with Gasteiger partial charge in [-0.25, -0.2) is 4.39 Å². The first-order valence-electron chi connectivity index (χ1n) is 8.77. The standard InChI is InChI=1S/C21H19FN4O2/c1-28-21(12-25-13-21)20(27)26-18(11-24)8-17-7-6-16(9-19(17)22)15-4-2-14(10-23)3-5-15/h2-7,9,18,25H,8,12-13H2,1H3,(H,26,27). The van der Waals surface area contributed by atoms with Crippen molar-refractivity contribution >= 4 is 5.91 Å². The van der Waals surface area contributed by atoms with E-state index in [1.165, 1.54) is 13.2 Å². The van der Waals surface area contributed by atoms with E-state index in [2.05, 4.69) is 10.6 Å². The van der Waals surface area contributed by atoms with Crippen molar-refractivity contribution in [3.63, 3.8) is 0 Å². The van der Waals surface area contributed by atoms with Gasteiger partial charge < -0.3 is 15.4 Å². The number of carbonyl (C=O) groups is 1. The number of rotatable bonds is 6. The van der Waals surface area contributed by atoms with E-state index < -0.39 is 17.5 Å². The van der Waals surface area contributed by atoms with E-state index >= 15 is 0 Å². The molecule has 0 aromatic heterocycles. The lowest BCUT2D eigenvalue weighted by Gasteiger charge is -2.39. The molecule has 0 aliphatic carbocycles. The number of nitriles is 2. The molecule has 0 saturated carbocycles. The number of hydrogen-bond acceptors (Lipinski definition) is 5. The summed E-state index contributed by atoms with van der Waals surface area (Å²) in [7, 11) is 1.45. The van der Waals surface area contributed by atoms with Gasteiger partial charge in [0.05, 0.1) is 17.7 Å². The van der Waals surface area contributed by atoms with Crippen molar-refractivity contribution in [2.24, 2.45) is 0 Å². The van der Waals surface area contributed by atoms with Gasteiger partial charge in [-0.3, -0.25) is 4.79 Å². The molecule has 6 nitrogen and oxygen atoms in total. The summed E-state index contributed by atoms with van der Waals surface area (Å²) in [6.45, 7) is 0.752. The zero-order valence-electron chi connectivity index (χ0n) is 15.3. The van der Waals surface area contributed by atoms with Crippen molar-refractivity contribution in [3.8, 4) is 23.3 Å². The van der Waals surface area contributed by atoms with Gasteiger partial charge in [0.1, 0.15) is 11.9 Å². The van der Waals surface area contributed by atoms with Crippen LogP contribution in [0.3, 0.4) is 0 Å². The topological polar surface area (TPSA) is 97.9 Å². The summed E-state index contributed by atoms with van der Waals surface area (Å²) >= 11 is 0. The molecule has 2 aromatic rings. The minimum absolute atomic E-state index is 0.0505. The van der Waals surface area contributed by atoms with Crippen LogP contribution in [-0.2, 0) is 16.0 Å². The number of amides is 1. The van der Waals surface area contributed by atoms with Gasteiger partial charge in [0.15, 0.2) is 5.60 Å². The van der Waals surface area contributed by atoms with Gasteiger partial charge in [-0.15, -0.1) is 0 Å². The van der Waals surface area contributed by atoms with E-state index in [4.69, 9.17) is 10.00 Å². The lowest BCUT2D eigenvalue weighted by atomic mass is 9.94. The van der Waals surface area contributed by atoms with Crippen LogP contribution in [0.25, 0.3) is 11.1 Å². The quantitative estimate of drug-likeness (QED) is 0.800. The van der Waals surface area contributed by atoms with Gasteiger partial charge in [0, 0.05) is 26.6 Å². The molecule has 0 spiro atoms. The fourth-order valence-electron chi connectivity index (χ4n) is 3.02. The van der Waals surface area contributed by atoms with Crippen LogP contribution in [0, 0.1) is 28.5 Å². The average Bonchev–Trinajstić information content (AvgIpc) is 2.68. The Kier molecular flexibility index (Phi) is 5.70. The van der Waals surface area contributed by atoms with E-state index in [-0.39, 0.29) is 12.3 Å². The minimum atomic E-state index is -0.965. The van der Waals surface area contributed by atoms with Gasteiger partial charge >= 0.3 is 0 Å². The highest BCUT2D eigenvalue weighted by Gasteiger charge is 2.45. The predicted octanol–water partition coefficient (Wildman–Crippen LogP) is 1.90. The lowest BCUT2D eigenvalue weighted by Crippen LogP contribution is -2.69. The Morgan fingerprint density at radius 1 is 1.25 bits per heavy atom. The first kappa shape index (κ1) is 19.5. The van der Waals surface area contributed by atoms with Gasteiger partial charge in [0.2, 0.25) is 0 Å². The number of nitrogens with one attached hydrogen (secondary N) is 2. The second-order valence-corrected chi connectivity index (χ2v) is 6.66. The summed E-state index contributed by atoms with van der Waals surface area (Å²) < 4.78 is 19.8. The van der Waals surface area contributed by atoms with E-state index in [9.17, 15) is 14.4 Å². The third kappa shape index (κ3) is 3.86. The molecule has 142 valence electrons. The molecule has 28 heavy (non-hydrogen) atoms. The zero-order valence-corrected chi connectivity index (χ0v) is 15.3. The molecule has 1 unspecified atom stereocenters. The van der Waals surface area contributed by atoms with Crippen LogP contribution in [0.15, 0.2) is 42.5 Å². The molecule has 3 rings (SSSR count). The fourth-order valence-corrected chi connectivity index (χ4v) is 3.02. The molecular weight excluding hydrogens is 359 g/mol. The third-order valence-electron chi connectivity index (χ3n) is 4.91. The van der Waals surface area contributed by atoms with Crippen molar-refractivity contribution in [1.82, 2.24) is 10.6 Å². The second-order valence-electron chi connectivity index (χ2n) is 6.66. The van der Waals surface area contributed by atoms with Crippen LogP contribution in [-0.4, -0.2) is 37.7 Å². The zero-order chi connectivity index (χ0) is 20.1. The maximum Gasteiger partial charge on any atom is 0.255 e. The van der Waals surface area contributed by atoms with Crippen LogP contribution in [0.2, 0.25) is 0 Å². The molecule has 2 aromatic carbocycles. The molecule has 1 atom stereocenters. The van der Waals surface area contributed by atoms with Gasteiger partial charge in [-0.2, -0.15) is 10.5 Å². The number of benzene rings is 2. The molecule has 0 radical (unpaired) electrons. The van der Waals surface area contributed by atoms with E-state index in [1.807, 2.05) is 12.1 Å². The molecule has 1 amide bonds. The van der Waals surface area contributed by atoms with E-state index in [1.54, 1.807) is 36.4 Å². The number of halogens is 1. The third-order valence-corrected chi connectivity index (χ3v) is 4.91. The van der Waals surface area contributed by atoms with Crippen molar-refractivity contribution in [2.75, 3.05) is 20.2 Å². The Hall–Kier alpha value is -3.26. The molecule has 0 bridgehead atoms. The van der Waals surface area contributed by atoms with Crippen LogP contribution in [0.4, 0.5) is 4.39 Å². The molecule has 1 aliphatic rings. The summed E-state index contributed by atoms with van der Waals surface area (Å²) in [5, 5.41) is 23.8. The Morgan fingerprint density at radius 2 is 1.93 bits per heavy atom. The Balaban J connectivity index is 1.71. The van der Waals surface area contributed by atoms with Crippen molar-refractivity contribution in [2.45, 2.75) is 18.1 Å². The molecule has 7 heteroatoms. The molecule has 2 N–H and O–H groups in total. The molecule has 1 fully saturated rings. The smallest absolute Gasteiger partial charge is 0.255 e. The SMILES string of the molecule is COC1(C(=O)NC(C#N)Cc2ccc(-c3ccc(C#N)cc3)cc2F)CNC1. The maximum atomic E-state index is 14.6. The average molecular weight is 378 g/mol. The highest BCUT2D eigenvalue weighted by atomic mass is 19.1. The van der Waals surface area contributed by atoms with Crippen LogP contribution in [0.5, 0.6) is 0 Å². The summed E-state index contributed by atoms with van der Waals surface area (Å²) in [6, 6.07) is 14.8. The summed E-state index contributed by atoms with van der Waals surface area (Å²) in [4.78, 5) is 12.4. The number of carbonyl (C=O) groups excluding carboxylic acids is 1. The van der Waals surface area contributed by atoms with Crippen molar-refractivity contribution in [1.29, 1.82) is 10.5 Å². The second kappa shape index (κ2) is 8.18. The fraction of sp³-hybridized carbons (Fsp3) is 0.286. The van der Waals surface area contributed by atoms with Crippen LogP contribution < -0.4 is 10.6 Å². The monoisotopic (exact) mass is 378 g/mol. The molecule has 1 saturated heterocycles. The first-order chi connectivity index (χ1) is 13.5. The number of ether oxygens (including phenoxy) is 1. The highest BCUT2D eigenvalue weighted by Crippen LogP contribution is 2.23. The van der Waals surface area contributed by atoms with Gasteiger partial charge in [-0.05, 0) is 34.9 Å². The largest absolute Gasteiger partial charge is 0.366 e. The normalized spacial score (nSPS) is 15.6. The van der Waals surface area contributed by atoms with Crippen molar-refractivity contribution in [3.05, 3.63) is 59.4 Å². The molecular formula is C21H19FN4O2. The van der Waals surface area contributed by atoms with E-state index in [0.717, 1.165) is 5.56 Å². The van der Waals surface area contributed by atoms with Crippen LogP contribution in [0.1, 0.15) is 11.1 Å². The van der Waals surface area contributed by atoms with Crippen molar-refractivity contribution < 1.29 is 13.9 Å². The van der Waals surface area contributed by atoms with Gasteiger partial charge in [0.25, 0.3) is 5.91 Å². The Morgan fingerprint density at radius 3 is 2.43 bits per heavy atom. The summed E-state index contributed by atoms with van der Waals surface area (Å²) in [6.07, 6.45) is 0.0505. The predicted molar refractivity (Wildman–Crippen MR) is 100 cm³/mol. The number of nitrogens with zero attached hydrogens (tertiary/aromatic N) is 2. The summed E-state index contributed by atoms with van der Waals surface area (Å²) in [5.41, 5.74) is 1.36. The molecule has 1 aliphatic heterocycles. The van der Waals surface area contributed by atoms with Gasteiger partial charge in [-0.1, -0.05) is 24.3 Å².